The van der Waals surface area contributed by atoms with E-state index in [4.69, 9.17) is 21.1 Å². The molecule has 1 N–H and O–H groups in total. The summed E-state index contributed by atoms with van der Waals surface area (Å²) in [5.41, 5.74) is 1.23. The number of methoxy groups -OCH3 is 2. The van der Waals surface area contributed by atoms with Gasteiger partial charge in [-0.2, -0.15) is 0 Å². The summed E-state index contributed by atoms with van der Waals surface area (Å²) in [6.07, 6.45) is 1.19. The number of rotatable bonds is 7. The van der Waals surface area contributed by atoms with Gasteiger partial charge in [-0.1, -0.05) is 23.7 Å². The third-order valence-corrected chi connectivity index (χ3v) is 6.83. The Hall–Kier alpha value is -2.78. The average molecular weight is 481 g/mol. The summed E-state index contributed by atoms with van der Waals surface area (Å²) in [5.74, 6) is -0.191. The molecule has 0 aliphatic carbocycles. The summed E-state index contributed by atoms with van der Waals surface area (Å²) < 4.78 is 33.8. The number of anilines is 1. The fraction of sp³-hybridized carbons (Fsp3) is 0.364. The van der Waals surface area contributed by atoms with Crippen molar-refractivity contribution in [1.29, 1.82) is 0 Å². The number of hydrogen-bond donors (Lipinski definition) is 1. The molecule has 0 saturated carbocycles. The minimum Gasteiger partial charge on any atom is -0.495 e. The molecule has 2 aromatic rings. The van der Waals surface area contributed by atoms with Gasteiger partial charge in [0.25, 0.3) is 0 Å². The molecule has 2 amide bonds. The predicted octanol–water partition coefficient (Wildman–Crippen LogP) is 2.99. The highest BCUT2D eigenvalue weighted by molar-refractivity contribution is 7.90. The van der Waals surface area contributed by atoms with E-state index in [1.54, 1.807) is 31.2 Å². The van der Waals surface area contributed by atoms with E-state index >= 15 is 0 Å². The van der Waals surface area contributed by atoms with E-state index in [1.807, 2.05) is 0 Å². The molecule has 0 bridgehead atoms. The first-order chi connectivity index (χ1) is 15.0. The largest absolute Gasteiger partial charge is 0.495 e. The predicted molar refractivity (Wildman–Crippen MR) is 121 cm³/mol. The fourth-order valence-electron chi connectivity index (χ4n) is 3.59. The zero-order valence-electron chi connectivity index (χ0n) is 18.2. The smallest absolute Gasteiger partial charge is 0.227 e. The van der Waals surface area contributed by atoms with Gasteiger partial charge in [-0.25, -0.2) is 8.42 Å². The van der Waals surface area contributed by atoms with Crippen LogP contribution < -0.4 is 19.7 Å². The fourth-order valence-corrected chi connectivity index (χ4v) is 4.45. The van der Waals surface area contributed by atoms with Crippen LogP contribution in [0, 0.1) is 5.92 Å². The van der Waals surface area contributed by atoms with Gasteiger partial charge in [0.1, 0.15) is 11.5 Å². The van der Waals surface area contributed by atoms with E-state index in [1.165, 1.54) is 31.3 Å². The molecule has 0 spiro atoms. The molecule has 32 heavy (non-hydrogen) atoms. The standard InChI is InChI=1S/C22H25ClN2O6S/c1-13(14-5-7-16(8-6-14)32(4,28)29)24-22(27)15-9-21(26)25(12-15)18-10-17(23)19(30-2)11-20(18)31-3/h5-8,10-11,13,15H,9,12H2,1-4H3,(H,24,27)/t13-,15-/m0/s1. The molecule has 10 heteroatoms. The van der Waals surface area contributed by atoms with Crippen LogP contribution in [-0.4, -0.2) is 47.3 Å². The number of benzene rings is 2. The molecule has 2 atom stereocenters. The Bertz CT molecular complexity index is 1130. The lowest BCUT2D eigenvalue weighted by Crippen LogP contribution is -2.34. The van der Waals surface area contributed by atoms with Gasteiger partial charge in [0, 0.05) is 25.3 Å². The maximum absolute atomic E-state index is 12.8. The summed E-state index contributed by atoms with van der Waals surface area (Å²) in [6, 6.07) is 9.17. The van der Waals surface area contributed by atoms with Gasteiger partial charge in [0.15, 0.2) is 9.84 Å². The normalized spacial score (nSPS) is 17.2. The molecule has 0 radical (unpaired) electrons. The second kappa shape index (κ2) is 9.38. The minimum absolute atomic E-state index is 0.0539. The highest BCUT2D eigenvalue weighted by Crippen LogP contribution is 2.40. The van der Waals surface area contributed by atoms with Gasteiger partial charge in [-0.3, -0.25) is 9.59 Å². The van der Waals surface area contributed by atoms with Crippen molar-refractivity contribution in [2.75, 3.05) is 31.9 Å². The highest BCUT2D eigenvalue weighted by atomic mass is 35.5. The zero-order valence-corrected chi connectivity index (χ0v) is 19.8. The zero-order chi connectivity index (χ0) is 23.6. The van der Waals surface area contributed by atoms with E-state index in [2.05, 4.69) is 5.32 Å². The van der Waals surface area contributed by atoms with Crippen molar-refractivity contribution in [1.82, 2.24) is 5.32 Å². The number of nitrogens with one attached hydrogen (secondary N) is 1. The topological polar surface area (TPSA) is 102 Å². The number of nitrogens with zero attached hydrogens (tertiary/aromatic N) is 1. The van der Waals surface area contributed by atoms with Gasteiger partial charge in [-0.05, 0) is 30.7 Å². The van der Waals surface area contributed by atoms with Crippen LogP contribution in [0.15, 0.2) is 41.3 Å². The lowest BCUT2D eigenvalue weighted by Gasteiger charge is -2.21. The summed E-state index contributed by atoms with van der Waals surface area (Å²) in [4.78, 5) is 27.2. The van der Waals surface area contributed by atoms with Gasteiger partial charge in [0.05, 0.1) is 41.8 Å². The number of sulfone groups is 1. The Morgan fingerprint density at radius 3 is 2.34 bits per heavy atom. The highest BCUT2D eigenvalue weighted by Gasteiger charge is 2.37. The van der Waals surface area contributed by atoms with Crippen molar-refractivity contribution in [2.24, 2.45) is 5.92 Å². The van der Waals surface area contributed by atoms with Crippen molar-refractivity contribution >= 4 is 38.9 Å². The maximum atomic E-state index is 12.8. The number of ether oxygens (including phenoxy) is 2. The molecule has 3 rings (SSSR count). The SMILES string of the molecule is COc1cc(OC)c(N2C[C@@H](C(=O)N[C@@H](C)c3ccc(S(C)(=O)=O)cc3)CC2=O)cc1Cl. The van der Waals surface area contributed by atoms with Crippen molar-refractivity contribution in [2.45, 2.75) is 24.3 Å². The first kappa shape index (κ1) is 23.9. The molecular weight excluding hydrogens is 456 g/mol. The Balaban J connectivity index is 1.72. The van der Waals surface area contributed by atoms with Crippen molar-refractivity contribution in [3.05, 3.63) is 47.0 Å². The molecule has 1 aliphatic heterocycles. The molecule has 1 aliphatic rings. The molecule has 1 saturated heterocycles. The molecule has 2 aromatic carbocycles. The van der Waals surface area contributed by atoms with Crippen LogP contribution >= 0.6 is 11.6 Å². The van der Waals surface area contributed by atoms with Crippen LogP contribution in [0.2, 0.25) is 5.02 Å². The third-order valence-electron chi connectivity index (χ3n) is 5.41. The third kappa shape index (κ3) is 4.99. The number of amides is 2. The maximum Gasteiger partial charge on any atom is 0.227 e. The minimum atomic E-state index is -3.29. The lowest BCUT2D eigenvalue weighted by molar-refractivity contribution is -0.126. The number of carbonyl (C=O) groups is 2. The van der Waals surface area contributed by atoms with Crippen LogP contribution in [-0.2, 0) is 19.4 Å². The van der Waals surface area contributed by atoms with Crippen LogP contribution in [0.5, 0.6) is 11.5 Å². The summed E-state index contributed by atoms with van der Waals surface area (Å²) in [6.45, 7) is 1.98. The van der Waals surface area contributed by atoms with Crippen molar-refractivity contribution in [3.8, 4) is 11.5 Å². The number of hydrogen-bond acceptors (Lipinski definition) is 6. The molecule has 0 aromatic heterocycles. The molecule has 1 fully saturated rings. The van der Waals surface area contributed by atoms with Crippen molar-refractivity contribution in [3.63, 3.8) is 0 Å². The Morgan fingerprint density at radius 2 is 1.78 bits per heavy atom. The van der Waals surface area contributed by atoms with E-state index in [0.29, 0.717) is 22.2 Å². The van der Waals surface area contributed by atoms with Gasteiger partial charge in [-0.15, -0.1) is 0 Å². The Kier molecular flexibility index (Phi) is 7.00. The number of halogens is 1. The average Bonchev–Trinajstić information content (AvgIpc) is 3.14. The molecule has 8 nitrogen and oxygen atoms in total. The summed E-state index contributed by atoms with van der Waals surface area (Å²) in [7, 11) is -0.328. The first-order valence-corrected chi connectivity index (χ1v) is 12.1. The molecule has 1 heterocycles. The van der Waals surface area contributed by atoms with Crippen LogP contribution in [0.3, 0.4) is 0 Å². The van der Waals surface area contributed by atoms with Gasteiger partial charge < -0.3 is 19.7 Å². The second-order valence-corrected chi connectivity index (χ2v) is 10.1. The summed E-state index contributed by atoms with van der Waals surface area (Å²) in [5, 5.41) is 3.23. The van der Waals surface area contributed by atoms with Gasteiger partial charge >= 0.3 is 0 Å². The number of carbonyl (C=O) groups excluding carboxylic acids is 2. The van der Waals surface area contributed by atoms with Gasteiger partial charge in [0.2, 0.25) is 11.8 Å². The molecule has 0 unspecified atom stereocenters. The van der Waals surface area contributed by atoms with Crippen LogP contribution in [0.1, 0.15) is 24.9 Å². The molecular formula is C22H25ClN2O6S. The van der Waals surface area contributed by atoms with E-state index < -0.39 is 15.8 Å². The van der Waals surface area contributed by atoms with Crippen LogP contribution in [0.25, 0.3) is 0 Å². The Labute approximate surface area is 192 Å². The monoisotopic (exact) mass is 480 g/mol. The first-order valence-electron chi connectivity index (χ1n) is 9.87. The quantitative estimate of drug-likeness (QED) is 0.653. The summed E-state index contributed by atoms with van der Waals surface area (Å²) >= 11 is 6.22. The van der Waals surface area contributed by atoms with E-state index in [9.17, 15) is 18.0 Å². The van der Waals surface area contributed by atoms with Crippen LogP contribution in [0.4, 0.5) is 5.69 Å². The second-order valence-electron chi connectivity index (χ2n) is 7.64. The van der Waals surface area contributed by atoms with E-state index in [0.717, 1.165) is 11.8 Å². The molecule has 172 valence electrons. The van der Waals surface area contributed by atoms with E-state index in [-0.39, 0.29) is 35.7 Å². The lowest BCUT2D eigenvalue weighted by atomic mass is 10.1. The Morgan fingerprint density at radius 1 is 1.16 bits per heavy atom. The van der Waals surface area contributed by atoms with Crippen molar-refractivity contribution < 1.29 is 27.5 Å².